The Labute approximate surface area is 200 Å². The van der Waals surface area contributed by atoms with E-state index in [-0.39, 0.29) is 17.3 Å². The summed E-state index contributed by atoms with van der Waals surface area (Å²) in [5, 5.41) is 11.0. The quantitative estimate of drug-likeness (QED) is 0.441. The van der Waals surface area contributed by atoms with Crippen LogP contribution in [0.4, 0.5) is 0 Å². The number of hydrogen-bond donors (Lipinski definition) is 1. The molecule has 0 radical (unpaired) electrons. The smallest absolute Gasteiger partial charge is 0.155 e. The van der Waals surface area contributed by atoms with Gasteiger partial charge in [-0.3, -0.25) is 4.79 Å². The largest absolute Gasteiger partial charge is 0.393 e. The molecule has 4 aliphatic carbocycles. The van der Waals surface area contributed by atoms with E-state index >= 15 is 0 Å². The lowest BCUT2D eigenvalue weighted by atomic mass is 9.55. The molecule has 3 saturated carbocycles. The van der Waals surface area contributed by atoms with Crippen LogP contribution in [0, 0.1) is 23.2 Å². The van der Waals surface area contributed by atoms with Crippen LogP contribution in [0.5, 0.6) is 0 Å². The van der Waals surface area contributed by atoms with Gasteiger partial charge in [-0.05, 0) is 96.8 Å². The van der Waals surface area contributed by atoms with E-state index in [2.05, 4.69) is 51.1 Å². The average molecular weight is 447 g/mol. The lowest BCUT2D eigenvalue weighted by molar-refractivity contribution is -0.114. The standard InChI is InChI=1S/C31H42O2/c1-4-5-25(32)17-22-8-13-26-27(18-22)28(19-31(3)29(26)14-15-30(31)33)24-11-9-23(10-12-24)20(2)16-21-6-7-21/h9-12,17-18,20-21,26,28-30,33H,4-8,13-16,19H2,1-3H3/b22-17-. The fourth-order valence-corrected chi connectivity index (χ4v) is 7.42. The van der Waals surface area contributed by atoms with Crippen LogP contribution in [0.25, 0.3) is 0 Å². The highest BCUT2D eigenvalue weighted by atomic mass is 16.3. The third-order valence-electron chi connectivity index (χ3n) is 9.55. The van der Waals surface area contributed by atoms with Gasteiger partial charge in [0.15, 0.2) is 5.78 Å². The van der Waals surface area contributed by atoms with Gasteiger partial charge < -0.3 is 5.11 Å². The van der Waals surface area contributed by atoms with Crippen molar-refractivity contribution in [2.75, 3.05) is 0 Å². The van der Waals surface area contributed by atoms with Crippen molar-refractivity contribution >= 4 is 5.78 Å². The number of carbonyl (C=O) groups excluding carboxylic acids is 1. The zero-order valence-corrected chi connectivity index (χ0v) is 20.9. The van der Waals surface area contributed by atoms with E-state index in [1.807, 2.05) is 6.08 Å². The molecule has 0 bridgehead atoms. The molecule has 0 aromatic heterocycles. The molecule has 0 amide bonds. The fraction of sp³-hybridized carbons (Fsp3) is 0.645. The number of aliphatic hydroxyl groups excluding tert-OH is 1. The van der Waals surface area contributed by atoms with Crippen LogP contribution >= 0.6 is 0 Å². The van der Waals surface area contributed by atoms with E-state index in [9.17, 15) is 9.90 Å². The van der Waals surface area contributed by atoms with Gasteiger partial charge in [-0.25, -0.2) is 0 Å². The van der Waals surface area contributed by atoms with E-state index in [0.717, 1.165) is 44.4 Å². The molecule has 1 aromatic carbocycles. The van der Waals surface area contributed by atoms with Gasteiger partial charge in [-0.15, -0.1) is 0 Å². The molecule has 2 heteroatoms. The SMILES string of the molecule is CCCC(=O)/C=C1\C=C2C(c3ccc(C(C)CC4CC4)cc3)CC3(C)C(O)CCC3C2CC1. The maximum absolute atomic E-state index is 12.3. The third-order valence-corrected chi connectivity index (χ3v) is 9.55. The summed E-state index contributed by atoms with van der Waals surface area (Å²) in [6.45, 7) is 6.80. The summed E-state index contributed by atoms with van der Waals surface area (Å²) in [6, 6.07) is 9.46. The minimum absolute atomic E-state index is 0.00383. The summed E-state index contributed by atoms with van der Waals surface area (Å²) in [4.78, 5) is 12.3. The molecule has 0 spiro atoms. The molecule has 6 atom stereocenters. The van der Waals surface area contributed by atoms with Crippen molar-refractivity contribution in [1.82, 2.24) is 0 Å². The highest BCUT2D eigenvalue weighted by molar-refractivity contribution is 5.90. The van der Waals surface area contributed by atoms with Gasteiger partial charge in [0.05, 0.1) is 6.10 Å². The first-order valence-corrected chi connectivity index (χ1v) is 13.6. The second kappa shape index (κ2) is 9.17. The van der Waals surface area contributed by atoms with Crippen molar-refractivity contribution in [1.29, 1.82) is 0 Å². The molecular formula is C31H42O2. The van der Waals surface area contributed by atoms with Crippen LogP contribution < -0.4 is 0 Å². The molecule has 33 heavy (non-hydrogen) atoms. The van der Waals surface area contributed by atoms with E-state index in [4.69, 9.17) is 0 Å². The summed E-state index contributed by atoms with van der Waals surface area (Å²) < 4.78 is 0. The molecule has 0 saturated heterocycles. The van der Waals surface area contributed by atoms with Gasteiger partial charge in [0, 0.05) is 12.3 Å². The topological polar surface area (TPSA) is 37.3 Å². The third kappa shape index (κ3) is 4.53. The molecule has 1 N–H and O–H groups in total. The molecule has 6 unspecified atom stereocenters. The summed E-state index contributed by atoms with van der Waals surface area (Å²) >= 11 is 0. The Morgan fingerprint density at radius 3 is 2.61 bits per heavy atom. The first kappa shape index (κ1) is 23.1. The zero-order valence-electron chi connectivity index (χ0n) is 20.9. The number of benzene rings is 1. The van der Waals surface area contributed by atoms with Crippen molar-refractivity contribution in [2.45, 2.75) is 103 Å². The van der Waals surface area contributed by atoms with Crippen molar-refractivity contribution in [3.05, 3.63) is 58.7 Å². The van der Waals surface area contributed by atoms with E-state index in [1.54, 1.807) is 0 Å². The van der Waals surface area contributed by atoms with Gasteiger partial charge in [0.2, 0.25) is 0 Å². The summed E-state index contributed by atoms with van der Waals surface area (Å²) in [5.41, 5.74) is 5.62. The molecule has 178 valence electrons. The molecule has 5 rings (SSSR count). The van der Waals surface area contributed by atoms with Crippen LogP contribution in [0.2, 0.25) is 0 Å². The van der Waals surface area contributed by atoms with E-state index < -0.39 is 0 Å². The molecule has 3 fully saturated rings. The van der Waals surface area contributed by atoms with Crippen molar-refractivity contribution < 1.29 is 9.90 Å². The molecule has 1 aromatic rings. The van der Waals surface area contributed by atoms with Crippen molar-refractivity contribution in [3.8, 4) is 0 Å². The number of rotatable bonds is 7. The lowest BCUT2D eigenvalue weighted by Crippen LogP contribution is -2.44. The Bertz CT molecular complexity index is 934. The van der Waals surface area contributed by atoms with Crippen LogP contribution in [0.3, 0.4) is 0 Å². The summed E-state index contributed by atoms with van der Waals surface area (Å²) in [7, 11) is 0. The van der Waals surface area contributed by atoms with Gasteiger partial charge in [0.25, 0.3) is 0 Å². The lowest BCUT2D eigenvalue weighted by Gasteiger charge is -2.50. The highest BCUT2D eigenvalue weighted by Crippen LogP contribution is 2.62. The Kier molecular flexibility index (Phi) is 6.42. The second-order valence-corrected chi connectivity index (χ2v) is 11.9. The normalized spacial score (nSPS) is 35.6. The molecular weight excluding hydrogens is 404 g/mol. The maximum atomic E-state index is 12.3. The van der Waals surface area contributed by atoms with Gasteiger partial charge in [-0.2, -0.15) is 0 Å². The average Bonchev–Trinajstić information content (AvgIpc) is 3.56. The van der Waals surface area contributed by atoms with Crippen molar-refractivity contribution in [2.24, 2.45) is 23.2 Å². The molecule has 4 aliphatic rings. The minimum atomic E-state index is -0.188. The zero-order chi connectivity index (χ0) is 23.2. The number of fused-ring (bicyclic) bond motifs is 3. The second-order valence-electron chi connectivity index (χ2n) is 11.9. The highest BCUT2D eigenvalue weighted by Gasteiger charge is 2.55. The molecule has 0 heterocycles. The molecule has 0 aliphatic heterocycles. The molecule has 2 nitrogen and oxygen atoms in total. The van der Waals surface area contributed by atoms with Crippen LogP contribution in [-0.4, -0.2) is 17.0 Å². The first-order chi connectivity index (χ1) is 15.9. The van der Waals surface area contributed by atoms with Crippen LogP contribution in [-0.2, 0) is 4.79 Å². The maximum Gasteiger partial charge on any atom is 0.155 e. The van der Waals surface area contributed by atoms with Gasteiger partial charge >= 0.3 is 0 Å². The summed E-state index contributed by atoms with van der Waals surface area (Å²) in [6.07, 6.45) is 15.0. The number of allylic oxidation sites excluding steroid dienone is 4. The number of ketones is 1. The Balaban J connectivity index is 1.46. The summed E-state index contributed by atoms with van der Waals surface area (Å²) in [5.74, 6) is 3.32. The Morgan fingerprint density at radius 1 is 1.15 bits per heavy atom. The monoisotopic (exact) mass is 446 g/mol. The van der Waals surface area contributed by atoms with E-state index in [0.29, 0.717) is 30.1 Å². The predicted molar refractivity (Wildman–Crippen MR) is 135 cm³/mol. The number of carbonyl (C=O) groups is 1. The van der Waals surface area contributed by atoms with Crippen molar-refractivity contribution in [3.63, 3.8) is 0 Å². The first-order valence-electron chi connectivity index (χ1n) is 13.6. The van der Waals surface area contributed by atoms with Crippen LogP contribution in [0.1, 0.15) is 108 Å². The Hall–Kier alpha value is -1.67. The number of aliphatic hydroxyl groups is 1. The Morgan fingerprint density at radius 2 is 1.91 bits per heavy atom. The number of hydrogen-bond acceptors (Lipinski definition) is 2. The predicted octanol–water partition coefficient (Wildman–Crippen LogP) is 7.49. The minimum Gasteiger partial charge on any atom is -0.393 e. The van der Waals surface area contributed by atoms with Crippen LogP contribution in [0.15, 0.2) is 47.6 Å². The fourth-order valence-electron chi connectivity index (χ4n) is 7.42. The van der Waals surface area contributed by atoms with Gasteiger partial charge in [0.1, 0.15) is 0 Å². The van der Waals surface area contributed by atoms with E-state index in [1.165, 1.54) is 41.5 Å². The van der Waals surface area contributed by atoms with Gasteiger partial charge in [-0.1, -0.05) is 69.5 Å².